The van der Waals surface area contributed by atoms with Gasteiger partial charge in [-0.25, -0.2) is 0 Å². The average Bonchev–Trinajstić information content (AvgIpc) is 2.31. The van der Waals surface area contributed by atoms with Crippen molar-refractivity contribution in [3.63, 3.8) is 0 Å². The van der Waals surface area contributed by atoms with Gasteiger partial charge < -0.3 is 20.1 Å². The Kier molecular flexibility index (Phi) is 5.73. The number of likely N-dealkylation sites (N-methyl/N-ethyl adjacent to an activating group) is 1. The molecule has 0 aromatic carbocycles. The van der Waals surface area contributed by atoms with Crippen molar-refractivity contribution in [1.29, 1.82) is 0 Å². The molecular weight excluding hydrogens is 208 g/mol. The third-order valence-electron chi connectivity index (χ3n) is 2.90. The summed E-state index contributed by atoms with van der Waals surface area (Å²) >= 11 is 0. The molecule has 1 heterocycles. The fraction of sp³-hybridized carbons (Fsp3) is 0.909. The molecule has 1 aliphatic rings. The molecule has 0 radical (unpaired) electrons. The van der Waals surface area contributed by atoms with Crippen molar-refractivity contribution in [3.05, 3.63) is 0 Å². The Labute approximate surface area is 96.9 Å². The monoisotopic (exact) mass is 230 g/mol. The van der Waals surface area contributed by atoms with E-state index in [2.05, 4.69) is 0 Å². The first-order valence-electron chi connectivity index (χ1n) is 5.78. The lowest BCUT2D eigenvalue weighted by Crippen LogP contribution is -2.45. The second kappa shape index (κ2) is 6.83. The van der Waals surface area contributed by atoms with E-state index in [0.717, 1.165) is 19.4 Å². The number of amides is 1. The number of hydrogen-bond donors (Lipinski definition) is 1. The molecule has 2 unspecified atom stereocenters. The lowest BCUT2D eigenvalue weighted by atomic mass is 10.1. The summed E-state index contributed by atoms with van der Waals surface area (Å²) in [4.78, 5) is 13.5. The maximum Gasteiger partial charge on any atom is 0.252 e. The summed E-state index contributed by atoms with van der Waals surface area (Å²) in [6.45, 7) is 1.64. The Morgan fingerprint density at radius 3 is 2.88 bits per heavy atom. The fourth-order valence-electron chi connectivity index (χ4n) is 1.89. The van der Waals surface area contributed by atoms with Crippen LogP contribution in [0.1, 0.15) is 19.3 Å². The topological polar surface area (TPSA) is 64.8 Å². The number of nitrogens with two attached hydrogens (primary N) is 1. The molecule has 0 saturated carbocycles. The normalized spacial score (nSPS) is 22.8. The minimum absolute atomic E-state index is 0.0702. The molecule has 0 aromatic rings. The zero-order valence-electron chi connectivity index (χ0n) is 10.1. The van der Waals surface area contributed by atoms with Gasteiger partial charge in [0, 0.05) is 33.9 Å². The molecule has 5 heteroatoms. The van der Waals surface area contributed by atoms with E-state index in [0.29, 0.717) is 6.54 Å². The summed E-state index contributed by atoms with van der Waals surface area (Å²) < 4.78 is 10.6. The standard InChI is InChI=1S/C11H22N2O3/c1-13(11(14)10(7-12)15-2)8-9-5-3-4-6-16-9/h9-10H,3-8,12H2,1-2H3. The molecule has 94 valence electrons. The Balaban J connectivity index is 2.37. The molecule has 1 amide bonds. The molecule has 0 bridgehead atoms. The van der Waals surface area contributed by atoms with Crippen LogP contribution in [0, 0.1) is 0 Å². The second-order valence-electron chi connectivity index (χ2n) is 4.17. The van der Waals surface area contributed by atoms with Gasteiger partial charge in [0.05, 0.1) is 6.10 Å². The molecule has 1 fully saturated rings. The summed E-state index contributed by atoms with van der Waals surface area (Å²) in [5.41, 5.74) is 5.45. The van der Waals surface area contributed by atoms with Gasteiger partial charge in [0.15, 0.2) is 0 Å². The van der Waals surface area contributed by atoms with Crippen LogP contribution in [0.4, 0.5) is 0 Å². The van der Waals surface area contributed by atoms with Gasteiger partial charge in [-0.3, -0.25) is 4.79 Å². The highest BCUT2D eigenvalue weighted by molar-refractivity contribution is 5.80. The molecule has 5 nitrogen and oxygen atoms in total. The number of ether oxygens (including phenoxy) is 2. The van der Waals surface area contributed by atoms with Crippen molar-refractivity contribution in [2.24, 2.45) is 5.73 Å². The Hall–Kier alpha value is -0.650. The third-order valence-corrected chi connectivity index (χ3v) is 2.90. The van der Waals surface area contributed by atoms with Crippen molar-refractivity contribution in [1.82, 2.24) is 4.90 Å². The van der Waals surface area contributed by atoms with Gasteiger partial charge >= 0.3 is 0 Å². The van der Waals surface area contributed by atoms with E-state index in [9.17, 15) is 4.79 Å². The zero-order valence-corrected chi connectivity index (χ0v) is 10.1. The van der Waals surface area contributed by atoms with E-state index >= 15 is 0 Å². The van der Waals surface area contributed by atoms with E-state index in [1.165, 1.54) is 13.5 Å². The van der Waals surface area contributed by atoms with Crippen LogP contribution in [0.25, 0.3) is 0 Å². The molecular formula is C11H22N2O3. The first-order valence-corrected chi connectivity index (χ1v) is 5.78. The Morgan fingerprint density at radius 2 is 2.38 bits per heavy atom. The van der Waals surface area contributed by atoms with Crippen LogP contribution in [0.5, 0.6) is 0 Å². The van der Waals surface area contributed by atoms with Gasteiger partial charge in [-0.15, -0.1) is 0 Å². The SMILES string of the molecule is COC(CN)C(=O)N(C)CC1CCCCO1. The lowest BCUT2D eigenvalue weighted by molar-refractivity contribution is -0.142. The van der Waals surface area contributed by atoms with Crippen LogP contribution >= 0.6 is 0 Å². The maximum atomic E-state index is 11.8. The molecule has 0 aliphatic carbocycles. The van der Waals surface area contributed by atoms with Crippen LogP contribution in [-0.2, 0) is 14.3 Å². The minimum atomic E-state index is -0.534. The van der Waals surface area contributed by atoms with Crippen LogP contribution in [0.15, 0.2) is 0 Å². The molecule has 0 spiro atoms. The molecule has 1 rings (SSSR count). The number of hydrogen-bond acceptors (Lipinski definition) is 4. The van der Waals surface area contributed by atoms with Crippen LogP contribution < -0.4 is 5.73 Å². The van der Waals surface area contributed by atoms with Gasteiger partial charge in [-0.05, 0) is 19.3 Å². The highest BCUT2D eigenvalue weighted by Crippen LogP contribution is 2.13. The van der Waals surface area contributed by atoms with Crippen molar-refractivity contribution >= 4 is 5.91 Å². The van der Waals surface area contributed by atoms with Gasteiger partial charge in [0.25, 0.3) is 5.91 Å². The Morgan fingerprint density at radius 1 is 1.62 bits per heavy atom. The molecule has 16 heavy (non-hydrogen) atoms. The fourth-order valence-corrected chi connectivity index (χ4v) is 1.89. The maximum absolute atomic E-state index is 11.8. The highest BCUT2D eigenvalue weighted by atomic mass is 16.5. The quantitative estimate of drug-likeness (QED) is 0.721. The molecule has 0 aromatic heterocycles. The van der Waals surface area contributed by atoms with Crippen LogP contribution in [0.3, 0.4) is 0 Å². The Bertz CT molecular complexity index is 213. The zero-order chi connectivity index (χ0) is 12.0. The highest BCUT2D eigenvalue weighted by Gasteiger charge is 2.23. The summed E-state index contributed by atoms with van der Waals surface area (Å²) in [5, 5.41) is 0. The van der Waals surface area contributed by atoms with E-state index in [1.807, 2.05) is 0 Å². The van der Waals surface area contributed by atoms with Crippen molar-refractivity contribution in [3.8, 4) is 0 Å². The summed E-state index contributed by atoms with van der Waals surface area (Å²) in [6, 6.07) is 0. The largest absolute Gasteiger partial charge is 0.376 e. The predicted octanol–water partition coefficient (Wildman–Crippen LogP) is -0.0124. The number of nitrogens with zero attached hydrogens (tertiary/aromatic N) is 1. The summed E-state index contributed by atoms with van der Waals surface area (Å²) in [7, 11) is 3.27. The molecule has 1 aliphatic heterocycles. The van der Waals surface area contributed by atoms with E-state index in [1.54, 1.807) is 11.9 Å². The smallest absolute Gasteiger partial charge is 0.252 e. The van der Waals surface area contributed by atoms with Gasteiger partial charge in [-0.2, -0.15) is 0 Å². The summed E-state index contributed by atoms with van der Waals surface area (Å²) in [5.74, 6) is -0.0702. The van der Waals surface area contributed by atoms with Crippen molar-refractivity contribution in [2.45, 2.75) is 31.5 Å². The number of carbonyl (C=O) groups is 1. The van der Waals surface area contributed by atoms with Gasteiger partial charge in [0.2, 0.25) is 0 Å². The molecule has 1 saturated heterocycles. The van der Waals surface area contributed by atoms with Gasteiger partial charge in [0.1, 0.15) is 6.10 Å². The van der Waals surface area contributed by atoms with E-state index in [-0.39, 0.29) is 18.6 Å². The van der Waals surface area contributed by atoms with Crippen molar-refractivity contribution < 1.29 is 14.3 Å². The summed E-state index contributed by atoms with van der Waals surface area (Å²) in [6.07, 6.45) is 2.96. The van der Waals surface area contributed by atoms with Crippen LogP contribution in [-0.4, -0.2) is 56.9 Å². The average molecular weight is 230 g/mol. The predicted molar refractivity (Wildman–Crippen MR) is 61.1 cm³/mol. The molecule has 2 N–H and O–H groups in total. The second-order valence-corrected chi connectivity index (χ2v) is 4.17. The first kappa shape index (κ1) is 13.4. The van der Waals surface area contributed by atoms with E-state index in [4.69, 9.17) is 15.2 Å². The lowest BCUT2D eigenvalue weighted by Gasteiger charge is -2.29. The van der Waals surface area contributed by atoms with E-state index < -0.39 is 6.10 Å². The van der Waals surface area contributed by atoms with Crippen molar-refractivity contribution in [2.75, 3.05) is 33.9 Å². The number of carbonyl (C=O) groups excluding carboxylic acids is 1. The van der Waals surface area contributed by atoms with Crippen LogP contribution in [0.2, 0.25) is 0 Å². The first-order chi connectivity index (χ1) is 7.69. The minimum Gasteiger partial charge on any atom is -0.376 e. The third kappa shape index (κ3) is 3.73. The number of methoxy groups -OCH3 is 1. The van der Waals surface area contributed by atoms with Gasteiger partial charge in [-0.1, -0.05) is 0 Å². The molecule has 2 atom stereocenters. The number of rotatable bonds is 5.